The highest BCUT2D eigenvalue weighted by Crippen LogP contribution is 2.39. The number of carbonyl (C=O) groups is 1. The third kappa shape index (κ3) is 4.47. The van der Waals surface area contributed by atoms with Crippen molar-refractivity contribution in [3.05, 3.63) is 41.5 Å². The molecule has 6 nitrogen and oxygen atoms in total. The topological polar surface area (TPSA) is 61.4 Å². The van der Waals surface area contributed by atoms with Gasteiger partial charge in [0, 0.05) is 43.0 Å². The number of aryl methyl sites for hydroxylation is 1. The van der Waals surface area contributed by atoms with E-state index in [9.17, 15) is 4.79 Å². The van der Waals surface area contributed by atoms with Crippen molar-refractivity contribution in [1.29, 1.82) is 0 Å². The first-order valence-electron chi connectivity index (χ1n) is 10.5. The Morgan fingerprint density at radius 3 is 2.63 bits per heavy atom. The highest BCUT2D eigenvalue weighted by Gasteiger charge is 2.27. The van der Waals surface area contributed by atoms with Gasteiger partial charge in [0.2, 0.25) is 5.91 Å². The average molecular weight is 424 g/mol. The second-order valence-corrected chi connectivity index (χ2v) is 9.00. The SMILES string of the molecule is Cc1nc(N2CCC(C(=O)NCCN(C)C)CC2)c2c(-c3ccccc3)csc2n1. The Bertz CT molecular complexity index is 1010. The molecule has 0 spiro atoms. The van der Waals surface area contributed by atoms with E-state index in [-0.39, 0.29) is 11.8 Å². The summed E-state index contributed by atoms with van der Waals surface area (Å²) in [6.07, 6.45) is 1.70. The first kappa shape index (κ1) is 20.8. The molecular formula is C23H29N5OS. The molecular weight excluding hydrogens is 394 g/mol. The number of likely N-dealkylation sites (N-methyl/N-ethyl adjacent to an activating group) is 1. The van der Waals surface area contributed by atoms with Gasteiger partial charge in [0.15, 0.2) is 0 Å². The second kappa shape index (κ2) is 9.10. The number of piperidine rings is 1. The third-order valence-corrected chi connectivity index (χ3v) is 6.51. The summed E-state index contributed by atoms with van der Waals surface area (Å²) < 4.78 is 0. The fourth-order valence-electron chi connectivity index (χ4n) is 3.99. The smallest absolute Gasteiger partial charge is 0.223 e. The average Bonchev–Trinajstić information content (AvgIpc) is 3.17. The summed E-state index contributed by atoms with van der Waals surface area (Å²) in [6, 6.07) is 10.4. The van der Waals surface area contributed by atoms with Crippen LogP contribution in [0.15, 0.2) is 35.7 Å². The Balaban J connectivity index is 1.53. The molecule has 4 rings (SSSR count). The highest BCUT2D eigenvalue weighted by molar-refractivity contribution is 7.17. The molecule has 1 fully saturated rings. The fraction of sp³-hybridized carbons (Fsp3) is 0.435. The largest absolute Gasteiger partial charge is 0.356 e. The first-order valence-corrected chi connectivity index (χ1v) is 11.4. The zero-order valence-corrected chi connectivity index (χ0v) is 18.7. The van der Waals surface area contributed by atoms with Crippen LogP contribution in [0.3, 0.4) is 0 Å². The molecule has 0 aliphatic carbocycles. The normalized spacial score (nSPS) is 15.1. The number of nitrogens with one attached hydrogen (secondary N) is 1. The summed E-state index contributed by atoms with van der Waals surface area (Å²) >= 11 is 1.67. The van der Waals surface area contributed by atoms with Gasteiger partial charge in [-0.3, -0.25) is 4.79 Å². The van der Waals surface area contributed by atoms with Crippen LogP contribution < -0.4 is 10.2 Å². The number of benzene rings is 1. The third-order valence-electron chi connectivity index (χ3n) is 5.63. The molecule has 1 saturated heterocycles. The fourth-order valence-corrected chi connectivity index (χ4v) is 4.97. The minimum Gasteiger partial charge on any atom is -0.356 e. The van der Waals surface area contributed by atoms with E-state index in [1.165, 1.54) is 11.1 Å². The molecule has 30 heavy (non-hydrogen) atoms. The van der Waals surface area contributed by atoms with Gasteiger partial charge < -0.3 is 15.1 Å². The summed E-state index contributed by atoms with van der Waals surface area (Å²) in [7, 11) is 4.03. The first-order chi connectivity index (χ1) is 14.5. The molecule has 3 aromatic rings. The van der Waals surface area contributed by atoms with Crippen LogP contribution in [0.1, 0.15) is 18.7 Å². The number of amides is 1. The number of thiophene rings is 1. The van der Waals surface area contributed by atoms with Gasteiger partial charge in [-0.05, 0) is 39.4 Å². The minimum atomic E-state index is 0.0814. The lowest BCUT2D eigenvalue weighted by atomic mass is 9.95. The minimum absolute atomic E-state index is 0.0814. The Morgan fingerprint density at radius 2 is 1.93 bits per heavy atom. The summed E-state index contributed by atoms with van der Waals surface area (Å²) in [5.41, 5.74) is 2.38. The number of hydrogen-bond donors (Lipinski definition) is 1. The van der Waals surface area contributed by atoms with Gasteiger partial charge in [-0.2, -0.15) is 0 Å². The van der Waals surface area contributed by atoms with Crippen LogP contribution in [-0.4, -0.2) is 61.0 Å². The van der Waals surface area contributed by atoms with Crippen molar-refractivity contribution in [3.8, 4) is 11.1 Å². The molecule has 0 radical (unpaired) electrons. The van der Waals surface area contributed by atoms with Gasteiger partial charge in [0.05, 0.1) is 5.39 Å². The lowest BCUT2D eigenvalue weighted by Gasteiger charge is -2.33. The van der Waals surface area contributed by atoms with Gasteiger partial charge >= 0.3 is 0 Å². The van der Waals surface area contributed by atoms with Crippen LogP contribution >= 0.6 is 11.3 Å². The number of aromatic nitrogens is 2. The van der Waals surface area contributed by atoms with Crippen molar-refractivity contribution < 1.29 is 4.79 Å². The van der Waals surface area contributed by atoms with E-state index in [4.69, 9.17) is 4.98 Å². The maximum Gasteiger partial charge on any atom is 0.223 e. The van der Waals surface area contributed by atoms with Crippen molar-refractivity contribution in [2.24, 2.45) is 5.92 Å². The lowest BCUT2D eigenvalue weighted by molar-refractivity contribution is -0.125. The van der Waals surface area contributed by atoms with Gasteiger partial charge in [0.25, 0.3) is 0 Å². The van der Waals surface area contributed by atoms with Crippen molar-refractivity contribution in [1.82, 2.24) is 20.2 Å². The highest BCUT2D eigenvalue weighted by atomic mass is 32.1. The molecule has 1 amide bonds. The molecule has 0 bridgehead atoms. The molecule has 1 aliphatic heterocycles. The Labute approximate surface area is 181 Å². The van der Waals surface area contributed by atoms with Crippen LogP contribution in [0.2, 0.25) is 0 Å². The quantitative estimate of drug-likeness (QED) is 0.657. The predicted octanol–water partition coefficient (Wildman–Crippen LogP) is 3.56. The molecule has 0 atom stereocenters. The number of hydrogen-bond acceptors (Lipinski definition) is 6. The van der Waals surface area contributed by atoms with Crippen LogP contribution in [0.4, 0.5) is 5.82 Å². The van der Waals surface area contributed by atoms with Crippen LogP contribution in [0, 0.1) is 12.8 Å². The molecule has 1 N–H and O–H groups in total. The summed E-state index contributed by atoms with van der Waals surface area (Å²) in [5.74, 6) is 2.06. The summed E-state index contributed by atoms with van der Waals surface area (Å²) in [5, 5.41) is 6.39. The van der Waals surface area contributed by atoms with E-state index >= 15 is 0 Å². The van der Waals surface area contributed by atoms with E-state index in [1.54, 1.807) is 11.3 Å². The molecule has 3 heterocycles. The molecule has 1 aliphatic rings. The second-order valence-electron chi connectivity index (χ2n) is 8.15. The van der Waals surface area contributed by atoms with Crippen molar-refractivity contribution in [2.45, 2.75) is 19.8 Å². The maximum absolute atomic E-state index is 12.5. The van der Waals surface area contributed by atoms with E-state index in [2.05, 4.69) is 49.7 Å². The molecule has 0 saturated carbocycles. The van der Waals surface area contributed by atoms with E-state index < -0.39 is 0 Å². The van der Waals surface area contributed by atoms with Crippen molar-refractivity contribution in [2.75, 3.05) is 45.2 Å². The number of nitrogens with zero attached hydrogens (tertiary/aromatic N) is 4. The van der Waals surface area contributed by atoms with E-state index in [1.807, 2.05) is 27.1 Å². The van der Waals surface area contributed by atoms with Gasteiger partial charge in [0.1, 0.15) is 16.5 Å². The van der Waals surface area contributed by atoms with Gasteiger partial charge in [-0.25, -0.2) is 9.97 Å². The van der Waals surface area contributed by atoms with Gasteiger partial charge in [-0.1, -0.05) is 30.3 Å². The van der Waals surface area contributed by atoms with Crippen LogP contribution in [0.25, 0.3) is 21.3 Å². The molecule has 158 valence electrons. The standard InChI is InChI=1S/C23H29N5OS/c1-16-25-21(20-19(15-30-23(20)26-16)17-7-5-4-6-8-17)28-12-9-18(10-13-28)22(29)24-11-14-27(2)3/h4-8,15,18H,9-14H2,1-3H3,(H,24,29). The zero-order chi connectivity index (χ0) is 21.1. The predicted molar refractivity (Wildman–Crippen MR) is 124 cm³/mol. The monoisotopic (exact) mass is 423 g/mol. The molecule has 7 heteroatoms. The van der Waals surface area contributed by atoms with Crippen molar-refractivity contribution >= 4 is 33.3 Å². The Hall–Kier alpha value is -2.51. The Morgan fingerprint density at radius 1 is 1.20 bits per heavy atom. The van der Waals surface area contributed by atoms with Crippen LogP contribution in [0.5, 0.6) is 0 Å². The Kier molecular flexibility index (Phi) is 6.29. The maximum atomic E-state index is 12.5. The van der Waals surface area contributed by atoms with E-state index in [0.717, 1.165) is 54.3 Å². The molecule has 1 aromatic carbocycles. The summed E-state index contributed by atoms with van der Waals surface area (Å²) in [6.45, 7) is 5.19. The molecule has 0 unspecified atom stereocenters. The van der Waals surface area contributed by atoms with Gasteiger partial charge in [-0.15, -0.1) is 11.3 Å². The lowest BCUT2D eigenvalue weighted by Crippen LogP contribution is -2.42. The number of rotatable bonds is 6. The number of fused-ring (bicyclic) bond motifs is 1. The zero-order valence-electron chi connectivity index (χ0n) is 17.9. The molecule has 2 aromatic heterocycles. The van der Waals surface area contributed by atoms with Crippen molar-refractivity contribution in [3.63, 3.8) is 0 Å². The number of anilines is 1. The number of carbonyl (C=O) groups excluding carboxylic acids is 1. The summed E-state index contributed by atoms with van der Waals surface area (Å²) in [4.78, 5) is 27.5. The van der Waals surface area contributed by atoms with E-state index in [0.29, 0.717) is 6.54 Å². The van der Waals surface area contributed by atoms with Crippen LogP contribution in [-0.2, 0) is 4.79 Å².